The fourth-order valence-corrected chi connectivity index (χ4v) is 6.01. The number of aldehydes is 1. The molecule has 1 N–H and O–H groups in total. The molecule has 4 rings (SSSR count). The molecule has 188 valence electrons. The Morgan fingerprint density at radius 3 is 2.29 bits per heavy atom. The summed E-state index contributed by atoms with van der Waals surface area (Å²) in [5.74, 6) is 0.500. The van der Waals surface area contributed by atoms with Crippen LogP contribution >= 0.6 is 35.3 Å². The third-order valence-corrected chi connectivity index (χ3v) is 8.47. The Labute approximate surface area is 219 Å². The molecule has 0 unspecified atom stereocenters. The van der Waals surface area contributed by atoms with Gasteiger partial charge in [-0.3, -0.25) is 9.59 Å². The van der Waals surface area contributed by atoms with Gasteiger partial charge in [-0.15, -0.1) is 0 Å². The van der Waals surface area contributed by atoms with E-state index in [4.69, 9.17) is 23.2 Å². The molecule has 1 atom stereocenters. The van der Waals surface area contributed by atoms with Crippen molar-refractivity contribution in [2.45, 2.75) is 37.0 Å². The molecule has 2 fully saturated rings. The minimum atomic E-state index is -2.28. The van der Waals surface area contributed by atoms with E-state index in [9.17, 15) is 18.6 Å². The summed E-state index contributed by atoms with van der Waals surface area (Å²) in [4.78, 5) is 25.6. The molecule has 0 saturated carbocycles. The molecular formula is C26H29Cl2FN2O3S. The van der Waals surface area contributed by atoms with Crippen LogP contribution in [0.15, 0.2) is 42.5 Å². The van der Waals surface area contributed by atoms with Crippen LogP contribution in [0.1, 0.15) is 48.0 Å². The van der Waals surface area contributed by atoms with Crippen molar-refractivity contribution in [3.8, 4) is 0 Å². The van der Waals surface area contributed by atoms with Crippen molar-refractivity contribution >= 4 is 53.2 Å². The standard InChI is InChI=1S/C26H29Cl2FN2O3S/c27-22-3-1-2-21(15-22)26(34,35-29)25(33)31-12-8-19(9-13-31)14-18-6-10-30(11-7-18)23-5-4-20(17-32)24(28)16-23/h1-5,15-19,34H,6-14H2/t26-/m0/s1. The number of hydrogen-bond donors (Lipinski definition) is 1. The number of nitrogens with zero attached hydrogens (tertiary/aromatic N) is 2. The van der Waals surface area contributed by atoms with Crippen molar-refractivity contribution < 1.29 is 18.6 Å². The van der Waals surface area contributed by atoms with Crippen LogP contribution in [-0.4, -0.2) is 48.4 Å². The number of likely N-dealkylation sites (tertiary alicyclic amines) is 1. The predicted molar refractivity (Wildman–Crippen MR) is 140 cm³/mol. The first-order valence-corrected chi connectivity index (χ1v) is 13.4. The highest BCUT2D eigenvalue weighted by Gasteiger charge is 2.44. The van der Waals surface area contributed by atoms with Crippen LogP contribution in [0.5, 0.6) is 0 Å². The van der Waals surface area contributed by atoms with Crippen molar-refractivity contribution in [3.63, 3.8) is 0 Å². The van der Waals surface area contributed by atoms with Gasteiger partial charge in [-0.05, 0) is 74.3 Å². The maximum absolute atomic E-state index is 13.8. The molecule has 2 aromatic rings. The molecule has 0 radical (unpaired) electrons. The lowest BCUT2D eigenvalue weighted by Gasteiger charge is -2.39. The summed E-state index contributed by atoms with van der Waals surface area (Å²) in [6, 6.07) is 11.7. The number of piperidine rings is 2. The monoisotopic (exact) mass is 538 g/mol. The summed E-state index contributed by atoms with van der Waals surface area (Å²) in [5, 5.41) is 11.7. The summed E-state index contributed by atoms with van der Waals surface area (Å²) in [6.45, 7) is 2.90. The number of amides is 1. The van der Waals surface area contributed by atoms with Crippen LogP contribution in [0.2, 0.25) is 10.0 Å². The molecule has 0 aliphatic carbocycles. The molecule has 1 amide bonds. The average Bonchev–Trinajstić information content (AvgIpc) is 2.88. The number of rotatable bonds is 7. The van der Waals surface area contributed by atoms with Gasteiger partial charge >= 0.3 is 0 Å². The van der Waals surface area contributed by atoms with Gasteiger partial charge in [0.15, 0.2) is 6.29 Å². The quantitative estimate of drug-likeness (QED) is 0.340. The van der Waals surface area contributed by atoms with Crippen molar-refractivity contribution in [3.05, 3.63) is 63.6 Å². The lowest BCUT2D eigenvalue weighted by molar-refractivity contribution is -0.145. The van der Waals surface area contributed by atoms with E-state index >= 15 is 0 Å². The maximum Gasteiger partial charge on any atom is 0.272 e. The molecule has 2 aliphatic heterocycles. The van der Waals surface area contributed by atoms with Gasteiger partial charge in [-0.2, -0.15) is 3.89 Å². The van der Waals surface area contributed by atoms with Crippen molar-refractivity contribution in [2.75, 3.05) is 31.1 Å². The minimum absolute atomic E-state index is 0.151. The first-order chi connectivity index (χ1) is 16.8. The molecule has 0 aromatic heterocycles. The summed E-state index contributed by atoms with van der Waals surface area (Å²) in [7, 11) is 0. The molecule has 2 saturated heterocycles. The normalized spacial score (nSPS) is 19.4. The zero-order chi connectivity index (χ0) is 25.0. The van der Waals surface area contributed by atoms with E-state index in [1.165, 1.54) is 12.1 Å². The van der Waals surface area contributed by atoms with Gasteiger partial charge in [0.05, 0.1) is 17.2 Å². The molecule has 5 nitrogen and oxygen atoms in total. The second-order valence-corrected chi connectivity index (χ2v) is 11.0. The number of halogens is 3. The third kappa shape index (κ3) is 5.96. The van der Waals surface area contributed by atoms with Gasteiger partial charge in [-0.1, -0.05) is 35.3 Å². The molecule has 0 spiro atoms. The van der Waals surface area contributed by atoms with E-state index in [2.05, 4.69) is 4.90 Å². The van der Waals surface area contributed by atoms with E-state index in [1.54, 1.807) is 23.1 Å². The van der Waals surface area contributed by atoms with Crippen LogP contribution in [-0.2, 0) is 9.73 Å². The number of hydrogen-bond acceptors (Lipinski definition) is 5. The number of carbonyl (C=O) groups excluding carboxylic acids is 2. The van der Waals surface area contributed by atoms with Crippen LogP contribution in [0, 0.1) is 11.8 Å². The molecule has 2 heterocycles. The highest BCUT2D eigenvalue weighted by atomic mass is 35.5. The van der Waals surface area contributed by atoms with Crippen molar-refractivity contribution in [1.82, 2.24) is 4.90 Å². The predicted octanol–water partition coefficient (Wildman–Crippen LogP) is 6.11. The van der Waals surface area contributed by atoms with Crippen LogP contribution < -0.4 is 4.90 Å². The van der Waals surface area contributed by atoms with Gasteiger partial charge in [0.25, 0.3) is 5.91 Å². The fourth-order valence-electron chi connectivity index (χ4n) is 5.19. The number of carbonyl (C=O) groups is 2. The summed E-state index contributed by atoms with van der Waals surface area (Å²) < 4.78 is 13.8. The van der Waals surface area contributed by atoms with Gasteiger partial charge in [-0.25, -0.2) is 0 Å². The van der Waals surface area contributed by atoms with E-state index < -0.39 is 10.8 Å². The molecule has 9 heteroatoms. The largest absolute Gasteiger partial charge is 0.371 e. The highest BCUT2D eigenvalue weighted by Crippen LogP contribution is 2.39. The Kier molecular flexibility index (Phi) is 8.63. The molecule has 35 heavy (non-hydrogen) atoms. The fraction of sp³-hybridized carbons (Fsp3) is 0.462. The van der Waals surface area contributed by atoms with Crippen LogP contribution in [0.25, 0.3) is 0 Å². The topological polar surface area (TPSA) is 60.9 Å². The van der Waals surface area contributed by atoms with E-state index in [0.29, 0.717) is 40.5 Å². The van der Waals surface area contributed by atoms with Gasteiger partial charge < -0.3 is 14.9 Å². The third-order valence-electron chi connectivity index (χ3n) is 7.28. The van der Waals surface area contributed by atoms with Gasteiger partial charge in [0.2, 0.25) is 4.93 Å². The summed E-state index contributed by atoms with van der Waals surface area (Å²) >= 11 is 11.8. The zero-order valence-corrected chi connectivity index (χ0v) is 21.7. The number of anilines is 1. The Balaban J connectivity index is 1.27. The Hall–Kier alpha value is -1.80. The lowest BCUT2D eigenvalue weighted by atomic mass is 9.82. The molecule has 0 bridgehead atoms. The zero-order valence-electron chi connectivity index (χ0n) is 19.3. The SMILES string of the molecule is O=Cc1ccc(N2CCC(CC3CCN(C(=O)[C@@](O)(SF)c4cccc(Cl)c4)CC3)CC2)cc1Cl. The first kappa shape index (κ1) is 26.3. The molecular weight excluding hydrogens is 510 g/mol. The maximum atomic E-state index is 13.8. The van der Waals surface area contributed by atoms with E-state index in [1.807, 2.05) is 12.1 Å². The highest BCUT2D eigenvalue weighted by molar-refractivity contribution is 7.95. The Bertz CT molecular complexity index is 1060. The minimum Gasteiger partial charge on any atom is -0.371 e. The van der Waals surface area contributed by atoms with E-state index in [-0.39, 0.29) is 17.7 Å². The second-order valence-electron chi connectivity index (χ2n) is 9.46. The number of benzene rings is 2. The summed E-state index contributed by atoms with van der Waals surface area (Å²) in [5.41, 5.74) is 1.70. The number of aliphatic hydroxyl groups is 1. The molecule has 2 aromatic carbocycles. The second kappa shape index (κ2) is 11.5. The van der Waals surface area contributed by atoms with Crippen molar-refractivity contribution in [2.24, 2.45) is 11.8 Å². The first-order valence-electron chi connectivity index (χ1n) is 11.9. The Morgan fingerprint density at radius 1 is 1.06 bits per heavy atom. The Morgan fingerprint density at radius 2 is 1.71 bits per heavy atom. The van der Waals surface area contributed by atoms with Crippen molar-refractivity contribution in [1.29, 1.82) is 0 Å². The molecule has 2 aliphatic rings. The average molecular weight is 540 g/mol. The van der Waals surface area contributed by atoms with Crippen LogP contribution in [0.3, 0.4) is 0 Å². The van der Waals surface area contributed by atoms with Gasteiger partial charge in [0, 0.05) is 48.0 Å². The lowest BCUT2D eigenvalue weighted by Crippen LogP contribution is -2.48. The smallest absolute Gasteiger partial charge is 0.272 e. The summed E-state index contributed by atoms with van der Waals surface area (Å²) in [6.07, 6.45) is 5.73. The van der Waals surface area contributed by atoms with E-state index in [0.717, 1.165) is 57.2 Å². The van der Waals surface area contributed by atoms with Gasteiger partial charge in [0.1, 0.15) is 0 Å². The van der Waals surface area contributed by atoms with Crippen LogP contribution in [0.4, 0.5) is 9.57 Å².